The van der Waals surface area contributed by atoms with Crippen LogP contribution in [0.5, 0.6) is 0 Å². The predicted molar refractivity (Wildman–Crippen MR) is 117 cm³/mol. The van der Waals surface area contributed by atoms with Crippen molar-refractivity contribution in [3.05, 3.63) is 76.7 Å². The van der Waals surface area contributed by atoms with Gasteiger partial charge in [-0.25, -0.2) is 9.67 Å². The second-order valence-electron chi connectivity index (χ2n) is 7.60. The van der Waals surface area contributed by atoms with Gasteiger partial charge in [0.2, 0.25) is 0 Å². The molecular weight excluding hydrogens is 360 g/mol. The molecule has 2 N–H and O–H groups in total. The molecule has 0 bridgehead atoms. The Morgan fingerprint density at radius 1 is 1.17 bits per heavy atom. The molecule has 2 heterocycles. The summed E-state index contributed by atoms with van der Waals surface area (Å²) in [4.78, 5) is 8.92. The van der Waals surface area contributed by atoms with Crippen molar-refractivity contribution in [3.63, 3.8) is 0 Å². The van der Waals surface area contributed by atoms with E-state index in [-0.39, 0.29) is 0 Å². The average Bonchev–Trinajstić information content (AvgIpc) is 3.31. The summed E-state index contributed by atoms with van der Waals surface area (Å²) >= 11 is 0. The highest BCUT2D eigenvalue weighted by atomic mass is 15.3. The first-order chi connectivity index (χ1) is 14.1. The van der Waals surface area contributed by atoms with Gasteiger partial charge in [0, 0.05) is 37.9 Å². The number of hydrogen-bond donors (Lipinski definition) is 2. The van der Waals surface area contributed by atoms with Crippen LogP contribution in [0.3, 0.4) is 0 Å². The summed E-state index contributed by atoms with van der Waals surface area (Å²) in [6.07, 6.45) is 4.25. The molecule has 1 aromatic carbocycles. The van der Waals surface area contributed by atoms with Crippen molar-refractivity contribution in [3.8, 4) is 5.82 Å². The van der Waals surface area contributed by atoms with Crippen LogP contribution in [0.4, 0.5) is 0 Å². The molecule has 1 unspecified atom stereocenters. The van der Waals surface area contributed by atoms with Gasteiger partial charge < -0.3 is 10.6 Å². The van der Waals surface area contributed by atoms with E-state index in [1.165, 1.54) is 24.0 Å². The third-order valence-corrected chi connectivity index (χ3v) is 5.49. The number of guanidine groups is 1. The van der Waals surface area contributed by atoms with E-state index in [4.69, 9.17) is 0 Å². The lowest BCUT2D eigenvalue weighted by Crippen LogP contribution is -2.38. The van der Waals surface area contributed by atoms with Crippen molar-refractivity contribution >= 4 is 5.96 Å². The molecular formula is C23H28N6. The van der Waals surface area contributed by atoms with Crippen LogP contribution in [0.1, 0.15) is 40.4 Å². The Bertz CT molecular complexity index is 1000. The van der Waals surface area contributed by atoms with Gasteiger partial charge >= 0.3 is 0 Å². The van der Waals surface area contributed by atoms with Crippen molar-refractivity contribution < 1.29 is 0 Å². The van der Waals surface area contributed by atoms with Crippen LogP contribution >= 0.6 is 0 Å². The van der Waals surface area contributed by atoms with E-state index < -0.39 is 0 Å². The first-order valence-corrected chi connectivity index (χ1v) is 10.1. The highest BCUT2D eigenvalue weighted by Crippen LogP contribution is 2.32. The number of benzene rings is 1. The lowest BCUT2D eigenvalue weighted by atomic mass is 10.0. The van der Waals surface area contributed by atoms with Gasteiger partial charge in [-0.2, -0.15) is 5.10 Å². The number of hydrogen-bond acceptors (Lipinski definition) is 3. The largest absolute Gasteiger partial charge is 0.356 e. The lowest BCUT2D eigenvalue weighted by molar-refractivity contribution is 0.641. The van der Waals surface area contributed by atoms with E-state index in [1.54, 1.807) is 0 Å². The number of nitrogens with zero attached hydrogens (tertiary/aromatic N) is 4. The highest BCUT2D eigenvalue weighted by molar-refractivity contribution is 5.79. The minimum atomic E-state index is 0.548. The Morgan fingerprint density at radius 3 is 2.76 bits per heavy atom. The summed E-state index contributed by atoms with van der Waals surface area (Å²) < 4.78 is 1.87. The third-order valence-electron chi connectivity index (χ3n) is 5.49. The van der Waals surface area contributed by atoms with Crippen molar-refractivity contribution in [2.75, 3.05) is 13.6 Å². The Hall–Kier alpha value is -3.15. The maximum atomic E-state index is 4.56. The molecule has 3 aromatic rings. The summed E-state index contributed by atoms with van der Waals surface area (Å²) in [6, 6.07) is 14.9. The number of nitrogens with one attached hydrogen (secondary N) is 2. The van der Waals surface area contributed by atoms with Gasteiger partial charge in [-0.1, -0.05) is 30.3 Å². The van der Waals surface area contributed by atoms with Crippen LogP contribution < -0.4 is 10.6 Å². The molecule has 0 aliphatic heterocycles. The Morgan fingerprint density at radius 2 is 2.03 bits per heavy atom. The van der Waals surface area contributed by atoms with Gasteiger partial charge in [0.25, 0.3) is 0 Å². The fourth-order valence-electron chi connectivity index (χ4n) is 3.99. The molecule has 0 saturated heterocycles. The number of aromatic nitrogens is 3. The molecule has 1 atom stereocenters. The number of aryl methyl sites for hydroxylation is 3. The number of fused-ring (bicyclic) bond motifs is 1. The van der Waals surface area contributed by atoms with Gasteiger partial charge in [-0.15, -0.1) is 0 Å². The molecule has 1 aliphatic rings. The quantitative estimate of drug-likeness (QED) is 0.520. The molecule has 0 saturated carbocycles. The number of pyridine rings is 1. The number of rotatable bonds is 5. The van der Waals surface area contributed by atoms with Crippen LogP contribution in [0.15, 0.2) is 53.7 Å². The third kappa shape index (κ3) is 4.31. The topological polar surface area (TPSA) is 67.1 Å². The zero-order chi connectivity index (χ0) is 20.2. The van der Waals surface area contributed by atoms with Crippen molar-refractivity contribution in [2.45, 2.75) is 39.2 Å². The molecule has 0 radical (unpaired) electrons. The standard InChI is InChI=1S/C23H28N6/c1-16-12-17(2)29(28-16)22-11-8-18(13-25-22)14-26-23(24-3)27-15-20-10-9-19-6-4-5-7-21(19)20/h4-8,11-13,20H,9-10,14-15H2,1-3H3,(H2,24,26,27). The van der Waals surface area contributed by atoms with Crippen LogP contribution in [0.25, 0.3) is 5.82 Å². The molecule has 6 nitrogen and oxygen atoms in total. The second kappa shape index (κ2) is 8.47. The Balaban J connectivity index is 1.31. The van der Waals surface area contributed by atoms with Gasteiger partial charge in [0.1, 0.15) is 0 Å². The molecule has 0 spiro atoms. The summed E-state index contributed by atoms with van der Waals surface area (Å²) in [5.41, 5.74) is 6.13. The van der Waals surface area contributed by atoms with E-state index in [1.807, 2.05) is 37.8 Å². The maximum absolute atomic E-state index is 4.56. The SMILES string of the molecule is CN=C(NCc1ccc(-n2nc(C)cc2C)nc1)NCC1CCc2ccccc21. The first-order valence-electron chi connectivity index (χ1n) is 10.1. The van der Waals surface area contributed by atoms with E-state index in [2.05, 4.69) is 62.1 Å². The smallest absolute Gasteiger partial charge is 0.191 e. The van der Waals surface area contributed by atoms with Crippen molar-refractivity contribution in [2.24, 2.45) is 4.99 Å². The molecule has 0 fully saturated rings. The molecule has 6 heteroatoms. The van der Waals surface area contributed by atoms with Gasteiger partial charge in [0.15, 0.2) is 11.8 Å². The minimum absolute atomic E-state index is 0.548. The molecule has 1 aliphatic carbocycles. The highest BCUT2D eigenvalue weighted by Gasteiger charge is 2.21. The van der Waals surface area contributed by atoms with Crippen LogP contribution in [0, 0.1) is 13.8 Å². The van der Waals surface area contributed by atoms with Crippen LogP contribution in [-0.4, -0.2) is 34.3 Å². The van der Waals surface area contributed by atoms with E-state index in [9.17, 15) is 0 Å². The molecule has 4 rings (SSSR count). The van der Waals surface area contributed by atoms with Crippen molar-refractivity contribution in [1.29, 1.82) is 0 Å². The van der Waals surface area contributed by atoms with Crippen molar-refractivity contribution in [1.82, 2.24) is 25.4 Å². The van der Waals surface area contributed by atoms with Gasteiger partial charge in [0.05, 0.1) is 5.69 Å². The summed E-state index contributed by atoms with van der Waals surface area (Å²) in [7, 11) is 1.81. The van der Waals surface area contributed by atoms with Crippen LogP contribution in [0.2, 0.25) is 0 Å². The van der Waals surface area contributed by atoms with Gasteiger partial charge in [-0.3, -0.25) is 4.99 Å². The Kier molecular flexibility index (Phi) is 5.60. The minimum Gasteiger partial charge on any atom is -0.356 e. The maximum Gasteiger partial charge on any atom is 0.191 e. The molecule has 29 heavy (non-hydrogen) atoms. The van der Waals surface area contributed by atoms with E-state index in [0.717, 1.165) is 35.3 Å². The summed E-state index contributed by atoms with van der Waals surface area (Å²) in [5, 5.41) is 11.3. The fourth-order valence-corrected chi connectivity index (χ4v) is 3.99. The number of aliphatic imine (C=N–C) groups is 1. The first kappa shape index (κ1) is 19.2. The lowest BCUT2D eigenvalue weighted by Gasteiger charge is -2.16. The second-order valence-corrected chi connectivity index (χ2v) is 7.60. The molecule has 150 valence electrons. The zero-order valence-corrected chi connectivity index (χ0v) is 17.3. The normalized spacial score (nSPS) is 16.0. The van der Waals surface area contributed by atoms with E-state index in [0.29, 0.717) is 12.5 Å². The van der Waals surface area contributed by atoms with Gasteiger partial charge in [-0.05, 0) is 55.5 Å². The zero-order valence-electron chi connectivity index (χ0n) is 17.3. The fraction of sp³-hybridized carbons (Fsp3) is 0.348. The monoisotopic (exact) mass is 388 g/mol. The molecule has 2 aromatic heterocycles. The van der Waals surface area contributed by atoms with Crippen LogP contribution in [-0.2, 0) is 13.0 Å². The molecule has 0 amide bonds. The predicted octanol–water partition coefficient (Wildman–Crippen LogP) is 3.28. The van der Waals surface area contributed by atoms with E-state index >= 15 is 0 Å². The summed E-state index contributed by atoms with van der Waals surface area (Å²) in [6.45, 7) is 5.59. The Labute approximate surface area is 172 Å². The average molecular weight is 389 g/mol. The summed E-state index contributed by atoms with van der Waals surface area (Å²) in [5.74, 6) is 2.20.